The van der Waals surface area contributed by atoms with Crippen LogP contribution in [-0.2, 0) is 0 Å². The zero-order valence-corrected chi connectivity index (χ0v) is 10.4. The molecule has 0 aliphatic carbocycles. The van der Waals surface area contributed by atoms with Crippen molar-refractivity contribution in [3.8, 4) is 17.6 Å². The number of methoxy groups -OCH3 is 2. The van der Waals surface area contributed by atoms with E-state index in [1.807, 2.05) is 0 Å². The summed E-state index contributed by atoms with van der Waals surface area (Å²) in [6.07, 6.45) is 0. The van der Waals surface area contributed by atoms with E-state index in [9.17, 15) is 0 Å². The van der Waals surface area contributed by atoms with Gasteiger partial charge >= 0.3 is 0 Å². The molecule has 0 saturated heterocycles. The second-order valence-electron chi connectivity index (χ2n) is 3.65. The summed E-state index contributed by atoms with van der Waals surface area (Å²) in [5, 5.41) is 12.8. The lowest BCUT2D eigenvalue weighted by molar-refractivity contribution is 0.356. The van der Waals surface area contributed by atoms with Crippen molar-refractivity contribution in [1.82, 2.24) is 4.98 Å². The predicted octanol–water partition coefficient (Wildman–Crippen LogP) is 2.17. The molecular formula is C13H13N3O2. The van der Waals surface area contributed by atoms with Gasteiger partial charge in [0.15, 0.2) is 11.5 Å². The van der Waals surface area contributed by atoms with Gasteiger partial charge in [-0.25, -0.2) is 4.98 Å². The highest BCUT2D eigenvalue weighted by Gasteiger charge is 2.10. The normalized spacial score (nSPS) is 9.89. The molecule has 0 radical (unpaired) electrons. The maximum Gasteiger partial charge on any atom is 0.162 e. The summed E-state index contributed by atoms with van der Waals surface area (Å²) in [6.45, 7) is 0. The maximum atomic E-state index is 9.05. The quantitative estimate of drug-likeness (QED) is 0.894. The first-order chi connectivity index (χ1) is 8.73. The molecule has 0 fully saturated rings. The molecule has 2 rings (SSSR count). The summed E-state index contributed by atoms with van der Waals surface area (Å²) in [7, 11) is 4.88. The molecule has 5 heteroatoms. The molecule has 1 aromatic carbocycles. The zero-order valence-electron chi connectivity index (χ0n) is 10.4. The van der Waals surface area contributed by atoms with Crippen LogP contribution >= 0.6 is 0 Å². The van der Waals surface area contributed by atoms with Crippen LogP contribution in [0.25, 0.3) is 10.9 Å². The predicted molar refractivity (Wildman–Crippen MR) is 69.1 cm³/mol. The third kappa shape index (κ3) is 1.89. The van der Waals surface area contributed by atoms with Crippen molar-refractivity contribution in [2.45, 2.75) is 0 Å². The fourth-order valence-corrected chi connectivity index (χ4v) is 1.78. The third-order valence-corrected chi connectivity index (χ3v) is 2.68. The van der Waals surface area contributed by atoms with Gasteiger partial charge in [0.2, 0.25) is 0 Å². The molecule has 5 nitrogen and oxygen atoms in total. The number of ether oxygens (including phenoxy) is 2. The molecule has 0 amide bonds. The average Bonchev–Trinajstić information content (AvgIpc) is 2.43. The van der Waals surface area contributed by atoms with Gasteiger partial charge < -0.3 is 14.8 Å². The number of pyridine rings is 1. The zero-order chi connectivity index (χ0) is 13.1. The van der Waals surface area contributed by atoms with Crippen LogP contribution in [0, 0.1) is 11.3 Å². The Kier molecular flexibility index (Phi) is 3.20. The van der Waals surface area contributed by atoms with Crippen LogP contribution in [0.15, 0.2) is 18.2 Å². The highest BCUT2D eigenvalue weighted by Crippen LogP contribution is 2.32. The van der Waals surface area contributed by atoms with Gasteiger partial charge in [-0.05, 0) is 12.1 Å². The number of hydrogen-bond acceptors (Lipinski definition) is 5. The average molecular weight is 243 g/mol. The molecule has 1 aromatic heterocycles. The lowest BCUT2D eigenvalue weighted by Crippen LogP contribution is -1.98. The Morgan fingerprint density at radius 3 is 2.39 bits per heavy atom. The number of fused-ring (bicyclic) bond motifs is 1. The summed E-state index contributed by atoms with van der Waals surface area (Å²) in [4.78, 5) is 4.38. The van der Waals surface area contributed by atoms with Gasteiger partial charge in [0.05, 0.1) is 25.3 Å². The van der Waals surface area contributed by atoms with E-state index in [1.54, 1.807) is 39.5 Å². The van der Waals surface area contributed by atoms with Crippen molar-refractivity contribution in [2.75, 3.05) is 26.6 Å². The number of hydrogen-bond donors (Lipinski definition) is 1. The Morgan fingerprint density at radius 2 is 1.83 bits per heavy atom. The molecule has 0 spiro atoms. The van der Waals surface area contributed by atoms with E-state index in [2.05, 4.69) is 16.4 Å². The van der Waals surface area contributed by atoms with Crippen LogP contribution < -0.4 is 14.8 Å². The van der Waals surface area contributed by atoms with Crippen LogP contribution in [-0.4, -0.2) is 26.3 Å². The van der Waals surface area contributed by atoms with Crippen molar-refractivity contribution in [3.05, 3.63) is 23.8 Å². The lowest BCUT2D eigenvalue weighted by Gasteiger charge is -2.10. The van der Waals surface area contributed by atoms with E-state index in [1.165, 1.54) is 0 Å². The maximum absolute atomic E-state index is 9.05. The second kappa shape index (κ2) is 4.80. The molecule has 0 aliphatic heterocycles. The third-order valence-electron chi connectivity index (χ3n) is 2.68. The summed E-state index contributed by atoms with van der Waals surface area (Å²) in [5.74, 6) is 1.79. The van der Waals surface area contributed by atoms with Crippen LogP contribution in [0.5, 0.6) is 11.5 Å². The Hall–Kier alpha value is -2.48. The Bertz CT molecular complexity index is 632. The second-order valence-corrected chi connectivity index (χ2v) is 3.65. The lowest BCUT2D eigenvalue weighted by atomic mass is 10.1. The summed E-state index contributed by atoms with van der Waals surface area (Å²) in [6, 6.07) is 7.48. The molecular weight excluding hydrogens is 230 g/mol. The molecule has 92 valence electrons. The van der Waals surface area contributed by atoms with Gasteiger partial charge in [-0.1, -0.05) is 0 Å². The van der Waals surface area contributed by atoms with Gasteiger partial charge in [-0.2, -0.15) is 5.26 Å². The molecule has 1 heterocycles. The molecule has 0 unspecified atom stereocenters. The summed E-state index contributed by atoms with van der Waals surface area (Å²) in [5.41, 5.74) is 1.24. The number of nitrogens with one attached hydrogen (secondary N) is 1. The van der Waals surface area contributed by atoms with Crippen LogP contribution in [0.4, 0.5) is 5.82 Å². The number of nitriles is 1. The van der Waals surface area contributed by atoms with Crippen molar-refractivity contribution in [2.24, 2.45) is 0 Å². The van der Waals surface area contributed by atoms with E-state index in [0.29, 0.717) is 22.9 Å². The monoisotopic (exact) mass is 243 g/mol. The molecule has 18 heavy (non-hydrogen) atoms. The highest BCUT2D eigenvalue weighted by atomic mass is 16.5. The van der Waals surface area contributed by atoms with Crippen molar-refractivity contribution in [1.29, 1.82) is 5.26 Å². The van der Waals surface area contributed by atoms with E-state index in [0.717, 1.165) is 10.9 Å². The SMILES string of the molecule is CNc1nc2cc(OC)c(OC)cc2cc1C#N. The van der Waals surface area contributed by atoms with Gasteiger partial charge in [-0.3, -0.25) is 0 Å². The summed E-state index contributed by atoms with van der Waals surface area (Å²) < 4.78 is 10.4. The van der Waals surface area contributed by atoms with Crippen LogP contribution in [0.1, 0.15) is 5.56 Å². The van der Waals surface area contributed by atoms with E-state index in [4.69, 9.17) is 14.7 Å². The first-order valence-corrected chi connectivity index (χ1v) is 5.38. The Labute approximate surface area is 105 Å². The minimum Gasteiger partial charge on any atom is -0.493 e. The number of anilines is 1. The van der Waals surface area contributed by atoms with Gasteiger partial charge in [0, 0.05) is 18.5 Å². The van der Waals surface area contributed by atoms with Crippen LogP contribution in [0.3, 0.4) is 0 Å². The van der Waals surface area contributed by atoms with Crippen LogP contribution in [0.2, 0.25) is 0 Å². The van der Waals surface area contributed by atoms with Crippen molar-refractivity contribution in [3.63, 3.8) is 0 Å². The van der Waals surface area contributed by atoms with Crippen molar-refractivity contribution < 1.29 is 9.47 Å². The van der Waals surface area contributed by atoms with E-state index >= 15 is 0 Å². The molecule has 2 aromatic rings. The van der Waals surface area contributed by atoms with E-state index < -0.39 is 0 Å². The minimum atomic E-state index is 0.497. The topological polar surface area (TPSA) is 67.2 Å². The highest BCUT2D eigenvalue weighted by molar-refractivity contribution is 5.86. The molecule has 0 aliphatic rings. The fraction of sp³-hybridized carbons (Fsp3) is 0.231. The van der Waals surface area contributed by atoms with Gasteiger partial charge in [-0.15, -0.1) is 0 Å². The van der Waals surface area contributed by atoms with Crippen molar-refractivity contribution >= 4 is 16.7 Å². The number of benzene rings is 1. The molecule has 0 atom stereocenters. The Morgan fingerprint density at radius 1 is 1.17 bits per heavy atom. The Balaban J connectivity index is 2.74. The number of rotatable bonds is 3. The van der Waals surface area contributed by atoms with E-state index in [-0.39, 0.29) is 0 Å². The van der Waals surface area contributed by atoms with Gasteiger partial charge in [0.1, 0.15) is 11.9 Å². The van der Waals surface area contributed by atoms with Gasteiger partial charge in [0.25, 0.3) is 0 Å². The summed E-state index contributed by atoms with van der Waals surface area (Å²) >= 11 is 0. The number of nitrogens with zero attached hydrogens (tertiary/aromatic N) is 2. The molecule has 0 bridgehead atoms. The largest absolute Gasteiger partial charge is 0.493 e. The molecule has 1 N–H and O–H groups in total. The number of aromatic nitrogens is 1. The smallest absolute Gasteiger partial charge is 0.162 e. The first-order valence-electron chi connectivity index (χ1n) is 5.38. The fourth-order valence-electron chi connectivity index (χ4n) is 1.78. The first kappa shape index (κ1) is 12.0. The standard InChI is InChI=1S/C13H13N3O2/c1-15-13-9(7-14)4-8-5-11(17-2)12(18-3)6-10(8)16-13/h4-6H,1-3H3,(H,15,16). The molecule has 0 saturated carbocycles. The minimum absolute atomic E-state index is 0.497.